The third-order valence-electron chi connectivity index (χ3n) is 4.47. The Morgan fingerprint density at radius 2 is 1.90 bits per heavy atom. The highest BCUT2D eigenvalue weighted by atomic mass is 32.2. The smallest absolute Gasteiger partial charge is 0.0991 e. The minimum absolute atomic E-state index is 0.341. The molecular weight excluding hydrogens is 264 g/mol. The van der Waals surface area contributed by atoms with Crippen LogP contribution in [0.15, 0.2) is 24.3 Å². The first-order chi connectivity index (χ1) is 9.69. The van der Waals surface area contributed by atoms with E-state index in [1.54, 1.807) is 0 Å². The summed E-state index contributed by atoms with van der Waals surface area (Å²) in [6.45, 7) is 3.29. The Bertz CT molecular complexity index is 455. The van der Waals surface area contributed by atoms with Crippen molar-refractivity contribution in [3.8, 4) is 6.07 Å². The van der Waals surface area contributed by atoms with Crippen molar-refractivity contribution < 1.29 is 0 Å². The van der Waals surface area contributed by atoms with Gasteiger partial charge >= 0.3 is 0 Å². The molecule has 2 rings (SSSR count). The molecule has 0 heterocycles. The van der Waals surface area contributed by atoms with Crippen LogP contribution in [0.4, 0.5) is 0 Å². The summed E-state index contributed by atoms with van der Waals surface area (Å²) < 4.78 is 0.430. The second kappa shape index (κ2) is 7.15. The maximum Gasteiger partial charge on any atom is 0.0991 e. The van der Waals surface area contributed by atoms with Crippen molar-refractivity contribution in [2.45, 2.75) is 49.8 Å². The van der Waals surface area contributed by atoms with Crippen LogP contribution >= 0.6 is 11.8 Å². The van der Waals surface area contributed by atoms with Crippen LogP contribution in [0, 0.1) is 11.3 Å². The van der Waals surface area contributed by atoms with Crippen molar-refractivity contribution >= 4 is 11.8 Å². The molecule has 2 nitrogen and oxygen atoms in total. The van der Waals surface area contributed by atoms with Gasteiger partial charge in [-0.05, 0) is 43.7 Å². The van der Waals surface area contributed by atoms with E-state index in [4.69, 9.17) is 5.26 Å². The van der Waals surface area contributed by atoms with E-state index in [1.165, 1.54) is 37.7 Å². The first-order valence-corrected chi connectivity index (χ1v) is 8.70. The van der Waals surface area contributed by atoms with E-state index in [0.29, 0.717) is 10.8 Å². The monoisotopic (exact) mass is 288 g/mol. The Hall–Kier alpha value is -0.980. The molecule has 1 aliphatic carbocycles. The first kappa shape index (κ1) is 15.4. The standard InChI is InChI=1S/C17H24N2S/c1-14(16-8-6-15(12-18)7-9-16)19-13-17(20-2)10-4-3-5-11-17/h6-9,14,19H,3-5,10-11,13H2,1-2H3. The topological polar surface area (TPSA) is 35.8 Å². The Morgan fingerprint density at radius 3 is 2.45 bits per heavy atom. The minimum atomic E-state index is 0.341. The van der Waals surface area contributed by atoms with Crippen LogP contribution in [0.2, 0.25) is 0 Å². The minimum Gasteiger partial charge on any atom is -0.309 e. The molecule has 20 heavy (non-hydrogen) atoms. The zero-order chi connectivity index (χ0) is 14.4. The maximum absolute atomic E-state index is 8.84. The predicted molar refractivity (Wildman–Crippen MR) is 86.9 cm³/mol. The van der Waals surface area contributed by atoms with Gasteiger partial charge in [0.2, 0.25) is 0 Å². The number of nitrogens with one attached hydrogen (secondary N) is 1. The number of hydrogen-bond acceptors (Lipinski definition) is 3. The number of hydrogen-bond donors (Lipinski definition) is 1. The molecule has 0 saturated heterocycles. The first-order valence-electron chi connectivity index (χ1n) is 7.48. The van der Waals surface area contributed by atoms with Crippen molar-refractivity contribution in [2.24, 2.45) is 0 Å². The molecule has 1 N–H and O–H groups in total. The molecule has 1 aromatic carbocycles. The molecule has 0 bridgehead atoms. The van der Waals surface area contributed by atoms with Gasteiger partial charge in [-0.25, -0.2) is 0 Å². The maximum atomic E-state index is 8.84. The molecule has 108 valence electrons. The normalized spacial score (nSPS) is 19.2. The fourth-order valence-corrected chi connectivity index (χ4v) is 3.88. The Balaban J connectivity index is 1.93. The van der Waals surface area contributed by atoms with E-state index in [2.05, 4.69) is 36.7 Å². The number of benzene rings is 1. The molecule has 0 aliphatic heterocycles. The summed E-state index contributed by atoms with van der Waals surface area (Å²) in [5, 5.41) is 12.5. The summed E-state index contributed by atoms with van der Waals surface area (Å²) in [4.78, 5) is 0. The average molecular weight is 288 g/mol. The molecule has 1 unspecified atom stereocenters. The second-order valence-electron chi connectivity index (χ2n) is 5.78. The highest BCUT2D eigenvalue weighted by Gasteiger charge is 2.31. The predicted octanol–water partition coefficient (Wildman–Crippen LogP) is 4.27. The quantitative estimate of drug-likeness (QED) is 0.878. The zero-order valence-electron chi connectivity index (χ0n) is 12.5. The van der Waals surface area contributed by atoms with E-state index in [1.807, 2.05) is 23.9 Å². The molecule has 1 aromatic rings. The van der Waals surface area contributed by atoms with Crippen LogP contribution in [-0.4, -0.2) is 17.5 Å². The Morgan fingerprint density at radius 1 is 1.25 bits per heavy atom. The number of nitrogens with zero attached hydrogens (tertiary/aromatic N) is 1. The van der Waals surface area contributed by atoms with Gasteiger partial charge in [0.1, 0.15) is 0 Å². The van der Waals surface area contributed by atoms with Crippen LogP contribution in [0.1, 0.15) is 56.2 Å². The lowest BCUT2D eigenvalue weighted by Crippen LogP contribution is -2.40. The van der Waals surface area contributed by atoms with Crippen molar-refractivity contribution in [3.05, 3.63) is 35.4 Å². The van der Waals surface area contributed by atoms with Gasteiger partial charge < -0.3 is 5.32 Å². The van der Waals surface area contributed by atoms with E-state index in [9.17, 15) is 0 Å². The summed E-state index contributed by atoms with van der Waals surface area (Å²) in [6.07, 6.45) is 9.05. The fraction of sp³-hybridized carbons (Fsp3) is 0.588. The lowest BCUT2D eigenvalue weighted by Gasteiger charge is -2.37. The molecule has 1 saturated carbocycles. The molecule has 1 aliphatic rings. The lowest BCUT2D eigenvalue weighted by molar-refractivity contribution is 0.367. The van der Waals surface area contributed by atoms with Gasteiger partial charge in [-0.3, -0.25) is 0 Å². The molecule has 0 radical (unpaired) electrons. The summed E-state index contributed by atoms with van der Waals surface area (Å²) in [5.41, 5.74) is 1.99. The molecule has 0 aromatic heterocycles. The van der Waals surface area contributed by atoms with Crippen molar-refractivity contribution in [1.82, 2.24) is 5.32 Å². The molecule has 0 spiro atoms. The molecular formula is C17H24N2S. The van der Waals surface area contributed by atoms with E-state index < -0.39 is 0 Å². The summed E-state index contributed by atoms with van der Waals surface area (Å²) >= 11 is 2.03. The van der Waals surface area contributed by atoms with Gasteiger partial charge in [0.25, 0.3) is 0 Å². The average Bonchev–Trinajstić information content (AvgIpc) is 2.53. The van der Waals surface area contributed by atoms with Crippen molar-refractivity contribution in [1.29, 1.82) is 5.26 Å². The van der Waals surface area contributed by atoms with Crippen LogP contribution in [-0.2, 0) is 0 Å². The van der Waals surface area contributed by atoms with Gasteiger partial charge in [0.15, 0.2) is 0 Å². The number of nitriles is 1. The Labute approximate surface area is 127 Å². The second-order valence-corrected chi connectivity index (χ2v) is 7.06. The van der Waals surface area contributed by atoms with Gasteiger partial charge in [0, 0.05) is 17.3 Å². The van der Waals surface area contributed by atoms with Gasteiger partial charge in [-0.15, -0.1) is 0 Å². The van der Waals surface area contributed by atoms with Gasteiger partial charge in [-0.2, -0.15) is 17.0 Å². The summed E-state index contributed by atoms with van der Waals surface area (Å²) in [7, 11) is 0. The summed E-state index contributed by atoms with van der Waals surface area (Å²) in [5.74, 6) is 0. The van der Waals surface area contributed by atoms with E-state index >= 15 is 0 Å². The molecule has 3 heteroatoms. The van der Waals surface area contributed by atoms with Crippen molar-refractivity contribution in [2.75, 3.05) is 12.8 Å². The van der Waals surface area contributed by atoms with Crippen LogP contribution in [0.5, 0.6) is 0 Å². The molecule has 1 fully saturated rings. The highest BCUT2D eigenvalue weighted by Crippen LogP contribution is 2.38. The lowest BCUT2D eigenvalue weighted by atomic mass is 9.88. The highest BCUT2D eigenvalue weighted by molar-refractivity contribution is 8.00. The molecule has 1 atom stereocenters. The number of rotatable bonds is 5. The van der Waals surface area contributed by atoms with Crippen molar-refractivity contribution in [3.63, 3.8) is 0 Å². The molecule has 0 amide bonds. The third kappa shape index (κ3) is 3.77. The largest absolute Gasteiger partial charge is 0.309 e. The van der Waals surface area contributed by atoms with Gasteiger partial charge in [-0.1, -0.05) is 31.4 Å². The van der Waals surface area contributed by atoms with Crippen LogP contribution in [0.25, 0.3) is 0 Å². The van der Waals surface area contributed by atoms with Crippen LogP contribution in [0.3, 0.4) is 0 Å². The zero-order valence-corrected chi connectivity index (χ0v) is 13.3. The summed E-state index contributed by atoms with van der Waals surface area (Å²) in [6, 6.07) is 10.4. The fourth-order valence-electron chi connectivity index (χ4n) is 2.95. The van der Waals surface area contributed by atoms with E-state index in [-0.39, 0.29) is 0 Å². The van der Waals surface area contributed by atoms with E-state index in [0.717, 1.165) is 12.1 Å². The third-order valence-corrected chi connectivity index (χ3v) is 5.89. The number of thioether (sulfide) groups is 1. The van der Waals surface area contributed by atoms with Crippen LogP contribution < -0.4 is 5.32 Å². The SMILES string of the molecule is CSC1(CNC(C)c2ccc(C#N)cc2)CCCCC1. The Kier molecular flexibility index (Phi) is 5.51. The van der Waals surface area contributed by atoms with Gasteiger partial charge in [0.05, 0.1) is 11.6 Å².